The lowest BCUT2D eigenvalue weighted by molar-refractivity contribution is -0.116. The van der Waals surface area contributed by atoms with Crippen LogP contribution in [0.5, 0.6) is 5.88 Å². The predicted octanol–water partition coefficient (Wildman–Crippen LogP) is 1.35. The third-order valence-electron chi connectivity index (χ3n) is 3.25. The second kappa shape index (κ2) is 4.68. The van der Waals surface area contributed by atoms with Crippen LogP contribution in [0, 0.1) is 0 Å². The molecule has 1 N–H and O–H groups in total. The molecule has 1 aromatic heterocycles. The number of carbonyl (C=O) groups excluding carboxylic acids is 1. The molecule has 3 rings (SSSR count). The van der Waals surface area contributed by atoms with E-state index in [1.54, 1.807) is 13.2 Å². The number of carbonyl (C=O) groups is 1. The van der Waals surface area contributed by atoms with Crippen molar-refractivity contribution in [1.29, 1.82) is 0 Å². The summed E-state index contributed by atoms with van der Waals surface area (Å²) in [5.74, 6) is 3.54. The highest BCUT2D eigenvalue weighted by atomic mass is 32.2. The molecule has 3 heterocycles. The number of thioether (sulfide) groups is 1. The first-order valence-corrected chi connectivity index (χ1v) is 7.12. The number of rotatable bonds is 1. The fraction of sp³-hybridized carbons (Fsp3) is 0.500. The largest absolute Gasteiger partial charge is 0.481 e. The van der Waals surface area contributed by atoms with E-state index in [0.717, 1.165) is 29.6 Å². The Balaban J connectivity index is 2.05. The van der Waals surface area contributed by atoms with Gasteiger partial charge in [0, 0.05) is 36.6 Å². The minimum atomic E-state index is 0.0678. The zero-order chi connectivity index (χ0) is 12.5. The fourth-order valence-electron chi connectivity index (χ4n) is 2.38. The summed E-state index contributed by atoms with van der Waals surface area (Å²) in [6, 6.07) is 3.88. The Kier molecular flexibility index (Phi) is 3.03. The molecular weight excluding hydrogens is 250 g/mol. The van der Waals surface area contributed by atoms with Gasteiger partial charge in [0.1, 0.15) is 0 Å². The van der Waals surface area contributed by atoms with Crippen molar-refractivity contribution in [3.05, 3.63) is 12.1 Å². The van der Waals surface area contributed by atoms with E-state index in [1.165, 1.54) is 0 Å². The highest BCUT2D eigenvalue weighted by Crippen LogP contribution is 2.34. The van der Waals surface area contributed by atoms with Crippen molar-refractivity contribution >= 4 is 29.2 Å². The van der Waals surface area contributed by atoms with E-state index in [0.29, 0.717) is 12.3 Å². The molecule has 1 fully saturated rings. The van der Waals surface area contributed by atoms with E-state index >= 15 is 0 Å². The predicted molar refractivity (Wildman–Crippen MR) is 72.5 cm³/mol. The van der Waals surface area contributed by atoms with Crippen LogP contribution in [0.2, 0.25) is 0 Å². The minimum Gasteiger partial charge on any atom is -0.481 e. The molecule has 6 heteroatoms. The maximum absolute atomic E-state index is 11.8. The number of amides is 1. The molecule has 0 spiro atoms. The van der Waals surface area contributed by atoms with Crippen LogP contribution in [0.3, 0.4) is 0 Å². The highest BCUT2D eigenvalue weighted by molar-refractivity contribution is 7.99. The molecule has 0 aromatic carbocycles. The second-order valence-corrected chi connectivity index (χ2v) is 5.55. The van der Waals surface area contributed by atoms with Crippen molar-refractivity contribution in [3.63, 3.8) is 0 Å². The van der Waals surface area contributed by atoms with E-state index in [1.807, 2.05) is 17.8 Å². The van der Waals surface area contributed by atoms with Gasteiger partial charge in [0.05, 0.1) is 12.8 Å². The number of pyridine rings is 1. The van der Waals surface area contributed by atoms with Gasteiger partial charge in [-0.3, -0.25) is 4.79 Å². The van der Waals surface area contributed by atoms with Crippen molar-refractivity contribution in [1.82, 2.24) is 4.98 Å². The summed E-state index contributed by atoms with van der Waals surface area (Å²) in [6.45, 7) is 0.928. The van der Waals surface area contributed by atoms with Crippen LogP contribution in [-0.4, -0.2) is 42.1 Å². The number of fused-ring (bicyclic) bond motifs is 3. The first-order valence-electron chi connectivity index (χ1n) is 5.97. The number of aromatic nitrogens is 1. The van der Waals surface area contributed by atoms with E-state index in [9.17, 15) is 4.79 Å². The maximum Gasteiger partial charge on any atom is 0.226 e. The Labute approximate surface area is 110 Å². The van der Waals surface area contributed by atoms with Crippen molar-refractivity contribution in [3.8, 4) is 5.88 Å². The van der Waals surface area contributed by atoms with Gasteiger partial charge in [-0.1, -0.05) is 0 Å². The number of hydrogen-bond acceptors (Lipinski definition) is 5. The monoisotopic (exact) mass is 265 g/mol. The third kappa shape index (κ3) is 2.01. The number of methoxy groups -OCH3 is 1. The molecule has 96 valence electrons. The summed E-state index contributed by atoms with van der Waals surface area (Å²) in [6.07, 6.45) is 0.533. The molecule has 1 aromatic rings. The molecule has 0 saturated carbocycles. The first-order chi connectivity index (χ1) is 8.78. The standard InChI is InChI=1S/C12H15N3O2S/c1-17-11-3-2-9-12(14-11)15-4-5-18-7-8(15)6-10(16)13-9/h2-3,8H,4-7H2,1H3,(H,13,16). The third-order valence-corrected chi connectivity index (χ3v) is 4.35. The quantitative estimate of drug-likeness (QED) is 0.831. The summed E-state index contributed by atoms with van der Waals surface area (Å²) in [7, 11) is 1.60. The molecule has 1 saturated heterocycles. The van der Waals surface area contributed by atoms with Crippen molar-refractivity contribution in [2.75, 3.05) is 35.4 Å². The van der Waals surface area contributed by atoms with Crippen molar-refractivity contribution < 1.29 is 9.53 Å². The first kappa shape index (κ1) is 11.6. The Morgan fingerprint density at radius 1 is 1.56 bits per heavy atom. The van der Waals surface area contributed by atoms with E-state index in [2.05, 4.69) is 15.2 Å². The Morgan fingerprint density at radius 3 is 3.28 bits per heavy atom. The summed E-state index contributed by atoms with van der Waals surface area (Å²) in [5.41, 5.74) is 0.787. The van der Waals surface area contributed by atoms with Crippen LogP contribution < -0.4 is 15.0 Å². The lowest BCUT2D eigenvalue weighted by atomic mass is 10.2. The van der Waals surface area contributed by atoms with Gasteiger partial charge in [0.25, 0.3) is 0 Å². The molecule has 2 aliphatic rings. The fourth-order valence-corrected chi connectivity index (χ4v) is 3.44. The van der Waals surface area contributed by atoms with Gasteiger partial charge in [-0.15, -0.1) is 0 Å². The molecule has 5 nitrogen and oxygen atoms in total. The average molecular weight is 265 g/mol. The van der Waals surface area contributed by atoms with Crippen LogP contribution >= 0.6 is 11.8 Å². The van der Waals surface area contributed by atoms with Crippen LogP contribution in [0.1, 0.15) is 6.42 Å². The number of nitrogens with zero attached hydrogens (tertiary/aromatic N) is 2. The van der Waals surface area contributed by atoms with Crippen LogP contribution in [0.4, 0.5) is 11.5 Å². The van der Waals surface area contributed by atoms with Gasteiger partial charge in [-0.25, -0.2) is 0 Å². The van der Waals surface area contributed by atoms with Crippen LogP contribution in [0.15, 0.2) is 12.1 Å². The zero-order valence-electron chi connectivity index (χ0n) is 10.2. The smallest absolute Gasteiger partial charge is 0.226 e. The highest BCUT2D eigenvalue weighted by Gasteiger charge is 2.31. The second-order valence-electron chi connectivity index (χ2n) is 4.40. The lowest BCUT2D eigenvalue weighted by Gasteiger charge is -2.34. The molecule has 1 unspecified atom stereocenters. The Hall–Kier alpha value is -1.43. The van der Waals surface area contributed by atoms with Gasteiger partial charge in [0.2, 0.25) is 11.8 Å². The van der Waals surface area contributed by atoms with Crippen molar-refractivity contribution in [2.24, 2.45) is 0 Å². The maximum atomic E-state index is 11.8. The van der Waals surface area contributed by atoms with Crippen molar-refractivity contribution in [2.45, 2.75) is 12.5 Å². The van der Waals surface area contributed by atoms with Gasteiger partial charge < -0.3 is 15.0 Å². The molecule has 18 heavy (non-hydrogen) atoms. The number of nitrogens with one attached hydrogen (secondary N) is 1. The van der Waals surface area contributed by atoms with E-state index in [-0.39, 0.29) is 11.9 Å². The minimum absolute atomic E-state index is 0.0678. The summed E-state index contributed by atoms with van der Waals surface area (Å²) < 4.78 is 5.17. The normalized spacial score (nSPS) is 22.6. The Morgan fingerprint density at radius 2 is 2.44 bits per heavy atom. The molecule has 1 atom stereocenters. The number of ether oxygens (including phenoxy) is 1. The van der Waals surface area contributed by atoms with Gasteiger partial charge in [-0.2, -0.15) is 16.7 Å². The topological polar surface area (TPSA) is 54.5 Å². The number of anilines is 2. The molecule has 0 aliphatic carbocycles. The summed E-state index contributed by atoms with van der Waals surface area (Å²) in [4.78, 5) is 18.6. The van der Waals surface area contributed by atoms with Gasteiger partial charge in [0.15, 0.2) is 5.82 Å². The SMILES string of the molecule is COc1ccc2c(n1)N1CCSCC1CC(=O)N2. The van der Waals surface area contributed by atoms with E-state index < -0.39 is 0 Å². The Bertz CT molecular complexity index is 480. The molecule has 2 aliphatic heterocycles. The van der Waals surface area contributed by atoms with Crippen LogP contribution in [-0.2, 0) is 4.79 Å². The van der Waals surface area contributed by atoms with E-state index in [4.69, 9.17) is 4.74 Å². The van der Waals surface area contributed by atoms with Gasteiger partial charge in [-0.05, 0) is 6.07 Å². The molecule has 0 radical (unpaired) electrons. The molecular formula is C12H15N3O2S. The summed E-state index contributed by atoms with van der Waals surface area (Å²) in [5, 5.41) is 2.92. The molecule has 0 bridgehead atoms. The number of hydrogen-bond donors (Lipinski definition) is 1. The summed E-state index contributed by atoms with van der Waals surface area (Å²) >= 11 is 1.90. The molecule has 1 amide bonds. The lowest BCUT2D eigenvalue weighted by Crippen LogP contribution is -2.43. The van der Waals surface area contributed by atoms with Gasteiger partial charge >= 0.3 is 0 Å². The van der Waals surface area contributed by atoms with Crippen LogP contribution in [0.25, 0.3) is 0 Å². The zero-order valence-corrected chi connectivity index (χ0v) is 11.0. The average Bonchev–Trinajstić information content (AvgIpc) is 2.53.